The predicted molar refractivity (Wildman–Crippen MR) is 123 cm³/mol. The van der Waals surface area contributed by atoms with Crippen LogP contribution in [-0.2, 0) is 4.79 Å². The minimum Gasteiger partial charge on any atom is -0.467 e. The Morgan fingerprint density at radius 2 is 1.68 bits per heavy atom. The van der Waals surface area contributed by atoms with Crippen molar-refractivity contribution in [2.75, 3.05) is 47.9 Å². The van der Waals surface area contributed by atoms with E-state index in [1.54, 1.807) is 30.3 Å². The number of halogens is 1. The van der Waals surface area contributed by atoms with E-state index >= 15 is 0 Å². The van der Waals surface area contributed by atoms with Crippen molar-refractivity contribution in [3.05, 3.63) is 71.4 Å². The van der Waals surface area contributed by atoms with E-state index in [4.69, 9.17) is 16.3 Å². The van der Waals surface area contributed by atoms with E-state index < -0.39 is 0 Å². The molecular weight excluding hydrogens is 414 g/mol. The van der Waals surface area contributed by atoms with E-state index in [9.17, 15) is 4.79 Å². The molecule has 0 unspecified atom stereocenters. The van der Waals surface area contributed by atoms with Crippen LogP contribution in [0.25, 0.3) is 0 Å². The van der Waals surface area contributed by atoms with Crippen LogP contribution in [0, 0.1) is 6.92 Å². The molecule has 2 aromatic carbocycles. The van der Waals surface area contributed by atoms with Crippen LogP contribution < -0.4 is 19.9 Å². The number of hydrogen-bond acceptors (Lipinski definition) is 6. The molecule has 3 aromatic rings. The molecule has 1 fully saturated rings. The molecule has 7 nitrogen and oxygen atoms in total. The fraction of sp³-hybridized carbons (Fsp3) is 0.261. The van der Waals surface area contributed by atoms with Gasteiger partial charge in [0, 0.05) is 43.6 Å². The Balaban J connectivity index is 1.35. The molecule has 4 rings (SSSR count). The Morgan fingerprint density at radius 3 is 2.42 bits per heavy atom. The summed E-state index contributed by atoms with van der Waals surface area (Å²) in [6.07, 6.45) is 0. The van der Waals surface area contributed by atoms with Crippen molar-refractivity contribution in [1.29, 1.82) is 0 Å². The normalized spacial score (nSPS) is 13.7. The van der Waals surface area contributed by atoms with Crippen molar-refractivity contribution >= 4 is 34.8 Å². The number of carbonyl (C=O) groups excluding carboxylic acids is 1. The molecule has 2 heterocycles. The predicted octanol–water partition coefficient (Wildman–Crippen LogP) is 3.78. The van der Waals surface area contributed by atoms with Crippen molar-refractivity contribution in [2.24, 2.45) is 0 Å². The summed E-state index contributed by atoms with van der Waals surface area (Å²) in [5, 5.41) is 3.22. The molecule has 1 aliphatic rings. The Morgan fingerprint density at radius 1 is 1.00 bits per heavy atom. The van der Waals surface area contributed by atoms with Crippen LogP contribution >= 0.6 is 11.6 Å². The van der Waals surface area contributed by atoms with Gasteiger partial charge in [0.15, 0.2) is 6.61 Å². The Kier molecular flexibility index (Phi) is 6.52. The van der Waals surface area contributed by atoms with E-state index in [-0.39, 0.29) is 12.5 Å². The minimum atomic E-state index is -0.303. The summed E-state index contributed by atoms with van der Waals surface area (Å²) in [7, 11) is 0. The number of ether oxygens (including phenoxy) is 1. The molecule has 160 valence electrons. The lowest BCUT2D eigenvalue weighted by Gasteiger charge is -2.36. The van der Waals surface area contributed by atoms with Gasteiger partial charge in [0.1, 0.15) is 0 Å². The third-order valence-corrected chi connectivity index (χ3v) is 5.33. The highest BCUT2D eigenvalue weighted by atomic mass is 35.5. The van der Waals surface area contributed by atoms with Gasteiger partial charge in [-0.15, -0.1) is 0 Å². The van der Waals surface area contributed by atoms with Crippen LogP contribution in [0.1, 0.15) is 5.69 Å². The van der Waals surface area contributed by atoms with Crippen molar-refractivity contribution in [3.8, 4) is 5.88 Å². The smallest absolute Gasteiger partial charge is 0.262 e. The number of rotatable bonds is 6. The molecule has 1 aromatic heterocycles. The molecule has 8 heteroatoms. The summed E-state index contributed by atoms with van der Waals surface area (Å²) in [6.45, 7) is 5.12. The number of amides is 1. The van der Waals surface area contributed by atoms with Crippen LogP contribution in [0.3, 0.4) is 0 Å². The van der Waals surface area contributed by atoms with Gasteiger partial charge in [-0.05, 0) is 31.2 Å². The number of hydrogen-bond donors (Lipinski definition) is 1. The molecular formula is C23H24ClN5O2. The number of aryl methyl sites for hydroxylation is 1. The monoisotopic (exact) mass is 437 g/mol. The molecule has 0 atom stereocenters. The number of nitrogens with zero attached hydrogens (tertiary/aromatic N) is 4. The molecule has 1 saturated heterocycles. The first-order valence-electron chi connectivity index (χ1n) is 10.2. The maximum absolute atomic E-state index is 12.2. The fourth-order valence-corrected chi connectivity index (χ4v) is 3.61. The highest BCUT2D eigenvalue weighted by Crippen LogP contribution is 2.22. The molecule has 0 radical (unpaired) electrons. The highest BCUT2D eigenvalue weighted by molar-refractivity contribution is 6.33. The average Bonchev–Trinajstić information content (AvgIpc) is 2.80. The SMILES string of the molecule is Cc1cc(OCC(=O)Nc2ccccc2Cl)nc(N2CCN(c3ccccc3)CC2)n1. The standard InChI is InChI=1S/C23H24ClN5O2/c1-17-15-22(31-16-21(30)26-20-10-6-5-9-19(20)24)27-23(25-17)29-13-11-28(12-14-29)18-7-3-2-4-8-18/h2-10,15H,11-14,16H2,1H3,(H,26,30). The Hall–Kier alpha value is -3.32. The van der Waals surface area contributed by atoms with Gasteiger partial charge in [0.2, 0.25) is 11.8 Å². The van der Waals surface area contributed by atoms with Gasteiger partial charge in [-0.3, -0.25) is 4.79 Å². The first-order chi connectivity index (χ1) is 15.1. The van der Waals surface area contributed by atoms with E-state index in [0.29, 0.717) is 22.5 Å². The summed E-state index contributed by atoms with van der Waals surface area (Å²) < 4.78 is 5.64. The maximum atomic E-state index is 12.2. The summed E-state index contributed by atoms with van der Waals surface area (Å²) in [5.41, 5.74) is 2.56. The molecule has 31 heavy (non-hydrogen) atoms. The van der Waals surface area contributed by atoms with E-state index in [1.165, 1.54) is 5.69 Å². The van der Waals surface area contributed by atoms with Crippen LogP contribution in [0.5, 0.6) is 5.88 Å². The molecule has 1 aliphatic heterocycles. The lowest BCUT2D eigenvalue weighted by atomic mass is 10.2. The van der Waals surface area contributed by atoms with E-state index in [1.807, 2.05) is 13.0 Å². The number of benzene rings is 2. The molecule has 0 spiro atoms. The van der Waals surface area contributed by atoms with Crippen molar-refractivity contribution in [1.82, 2.24) is 9.97 Å². The van der Waals surface area contributed by atoms with Gasteiger partial charge in [0.25, 0.3) is 5.91 Å². The summed E-state index contributed by atoms with van der Waals surface area (Å²) in [4.78, 5) is 25.8. The number of aromatic nitrogens is 2. The second kappa shape index (κ2) is 9.66. The summed E-state index contributed by atoms with van der Waals surface area (Å²) in [5.74, 6) is 0.693. The molecule has 1 amide bonds. The number of nitrogens with one attached hydrogen (secondary N) is 1. The maximum Gasteiger partial charge on any atom is 0.262 e. The van der Waals surface area contributed by atoms with Gasteiger partial charge in [0.05, 0.1) is 10.7 Å². The summed E-state index contributed by atoms with van der Waals surface area (Å²) >= 11 is 6.08. The van der Waals surface area contributed by atoms with Crippen LogP contribution in [0.2, 0.25) is 5.02 Å². The Labute approximate surface area is 186 Å². The topological polar surface area (TPSA) is 70.6 Å². The van der Waals surface area contributed by atoms with Gasteiger partial charge < -0.3 is 19.9 Å². The van der Waals surface area contributed by atoms with Crippen LogP contribution in [-0.4, -0.2) is 48.7 Å². The quantitative estimate of drug-likeness (QED) is 0.632. The van der Waals surface area contributed by atoms with Gasteiger partial charge in [-0.25, -0.2) is 4.98 Å². The largest absolute Gasteiger partial charge is 0.467 e. The molecule has 0 aliphatic carbocycles. The highest BCUT2D eigenvalue weighted by Gasteiger charge is 2.20. The zero-order valence-corrected chi connectivity index (χ0v) is 18.0. The van der Waals surface area contributed by atoms with Crippen LogP contribution in [0.4, 0.5) is 17.3 Å². The lowest BCUT2D eigenvalue weighted by molar-refractivity contribution is -0.118. The van der Waals surface area contributed by atoms with Gasteiger partial charge >= 0.3 is 0 Å². The zero-order chi connectivity index (χ0) is 21.6. The third kappa shape index (κ3) is 5.44. The van der Waals surface area contributed by atoms with Crippen molar-refractivity contribution in [2.45, 2.75) is 6.92 Å². The minimum absolute atomic E-state index is 0.164. The fourth-order valence-electron chi connectivity index (χ4n) is 3.43. The van der Waals surface area contributed by atoms with Crippen molar-refractivity contribution < 1.29 is 9.53 Å². The number of para-hydroxylation sites is 2. The number of anilines is 3. The second-order valence-corrected chi connectivity index (χ2v) is 7.68. The number of carbonyl (C=O) groups is 1. The molecule has 0 saturated carbocycles. The van der Waals surface area contributed by atoms with Gasteiger partial charge in [-0.2, -0.15) is 4.98 Å². The number of piperazine rings is 1. The molecule has 1 N–H and O–H groups in total. The van der Waals surface area contributed by atoms with E-state index in [0.717, 1.165) is 31.9 Å². The van der Waals surface area contributed by atoms with Gasteiger partial charge in [-0.1, -0.05) is 41.9 Å². The third-order valence-electron chi connectivity index (χ3n) is 5.00. The first kappa shape index (κ1) is 20.9. The molecule has 0 bridgehead atoms. The first-order valence-corrected chi connectivity index (χ1v) is 10.5. The Bertz CT molecular complexity index is 1040. The lowest BCUT2D eigenvalue weighted by Crippen LogP contribution is -2.47. The average molecular weight is 438 g/mol. The zero-order valence-electron chi connectivity index (χ0n) is 17.3. The van der Waals surface area contributed by atoms with Crippen LogP contribution in [0.15, 0.2) is 60.7 Å². The van der Waals surface area contributed by atoms with E-state index in [2.05, 4.69) is 49.4 Å². The summed E-state index contributed by atoms with van der Waals surface area (Å²) in [6, 6.07) is 19.2. The van der Waals surface area contributed by atoms with Crippen molar-refractivity contribution in [3.63, 3.8) is 0 Å². The second-order valence-electron chi connectivity index (χ2n) is 7.27.